The number of imidazole rings is 1. The maximum absolute atomic E-state index is 12.3. The average Bonchev–Trinajstić information content (AvgIpc) is 3.16. The van der Waals surface area contributed by atoms with Crippen LogP contribution in [0.2, 0.25) is 0 Å². The molecule has 2 aliphatic rings. The van der Waals surface area contributed by atoms with Crippen molar-refractivity contribution in [1.82, 2.24) is 14.9 Å². The summed E-state index contributed by atoms with van der Waals surface area (Å²) in [4.78, 5) is 16.7. The summed E-state index contributed by atoms with van der Waals surface area (Å²) in [6.45, 7) is 4.24. The number of nitrogens with zero attached hydrogens (tertiary/aromatic N) is 2. The van der Waals surface area contributed by atoms with Crippen molar-refractivity contribution in [2.45, 2.75) is 44.9 Å². The number of rotatable bonds is 4. The zero-order valence-electron chi connectivity index (χ0n) is 12.2. The van der Waals surface area contributed by atoms with Gasteiger partial charge in [-0.3, -0.25) is 4.79 Å². The normalized spacial score (nSPS) is 25.3. The minimum atomic E-state index is -0.172. The molecule has 1 aromatic rings. The standard InChI is InChI=1S/C15H21N3O3/c1-2-18-7-6-16-14(18)13-12(5-9-21-13)17-15(19)11-4-3-8-20-10-11/h6-7,10,12-13H,2-5,8-9H2,1H3,(H,17,19)/t12-,13-/m0/s1. The first kappa shape index (κ1) is 14.1. The maximum Gasteiger partial charge on any atom is 0.250 e. The Bertz CT molecular complexity index is 538. The van der Waals surface area contributed by atoms with Crippen LogP contribution >= 0.6 is 0 Å². The van der Waals surface area contributed by atoms with Crippen LogP contribution in [0, 0.1) is 0 Å². The average molecular weight is 291 g/mol. The molecule has 3 rings (SSSR count). The number of hydrogen-bond donors (Lipinski definition) is 1. The van der Waals surface area contributed by atoms with Gasteiger partial charge < -0.3 is 19.4 Å². The first-order valence-corrected chi connectivity index (χ1v) is 7.53. The van der Waals surface area contributed by atoms with E-state index in [0.717, 1.165) is 31.6 Å². The summed E-state index contributed by atoms with van der Waals surface area (Å²) in [6.07, 6.45) is 7.59. The highest BCUT2D eigenvalue weighted by Gasteiger charge is 2.34. The fourth-order valence-electron chi connectivity index (χ4n) is 2.83. The Balaban J connectivity index is 1.69. The molecule has 6 nitrogen and oxygen atoms in total. The zero-order valence-corrected chi connectivity index (χ0v) is 12.2. The van der Waals surface area contributed by atoms with E-state index in [0.29, 0.717) is 18.8 Å². The van der Waals surface area contributed by atoms with Gasteiger partial charge in [0.15, 0.2) is 0 Å². The van der Waals surface area contributed by atoms with E-state index in [-0.39, 0.29) is 18.1 Å². The van der Waals surface area contributed by atoms with E-state index in [4.69, 9.17) is 9.47 Å². The Morgan fingerprint density at radius 2 is 2.43 bits per heavy atom. The van der Waals surface area contributed by atoms with Gasteiger partial charge in [0.25, 0.3) is 5.91 Å². The van der Waals surface area contributed by atoms with E-state index in [1.165, 1.54) is 0 Å². The number of amides is 1. The van der Waals surface area contributed by atoms with E-state index in [1.54, 1.807) is 12.5 Å². The summed E-state index contributed by atoms with van der Waals surface area (Å²) in [5.41, 5.74) is 0.714. The van der Waals surface area contributed by atoms with Gasteiger partial charge in [-0.05, 0) is 26.2 Å². The molecule has 6 heteroatoms. The molecular formula is C15H21N3O3. The van der Waals surface area contributed by atoms with Gasteiger partial charge in [-0.2, -0.15) is 0 Å². The Kier molecular flexibility index (Phi) is 4.24. The third-order valence-corrected chi connectivity index (χ3v) is 3.98. The summed E-state index contributed by atoms with van der Waals surface area (Å²) in [5.74, 6) is 0.832. The van der Waals surface area contributed by atoms with Crippen LogP contribution in [0.15, 0.2) is 24.2 Å². The van der Waals surface area contributed by atoms with Crippen molar-refractivity contribution in [3.63, 3.8) is 0 Å². The van der Waals surface area contributed by atoms with Gasteiger partial charge in [0, 0.05) is 25.5 Å². The quantitative estimate of drug-likeness (QED) is 0.914. The van der Waals surface area contributed by atoms with Crippen molar-refractivity contribution >= 4 is 5.91 Å². The Morgan fingerprint density at radius 3 is 3.19 bits per heavy atom. The van der Waals surface area contributed by atoms with Crippen molar-refractivity contribution < 1.29 is 14.3 Å². The Hall–Kier alpha value is -1.82. The lowest BCUT2D eigenvalue weighted by Gasteiger charge is -2.21. The molecule has 2 atom stereocenters. The Morgan fingerprint density at radius 1 is 1.52 bits per heavy atom. The van der Waals surface area contributed by atoms with Crippen LogP contribution in [-0.4, -0.2) is 34.7 Å². The van der Waals surface area contributed by atoms with Crippen molar-refractivity contribution in [2.24, 2.45) is 0 Å². The number of hydrogen-bond acceptors (Lipinski definition) is 4. The Labute approximate surface area is 124 Å². The molecule has 1 aromatic heterocycles. The van der Waals surface area contributed by atoms with E-state index in [1.807, 2.05) is 6.20 Å². The van der Waals surface area contributed by atoms with E-state index in [9.17, 15) is 4.79 Å². The molecule has 0 spiro atoms. The predicted octanol–water partition coefficient (Wildman–Crippen LogP) is 1.54. The molecule has 2 aliphatic heterocycles. The van der Waals surface area contributed by atoms with Crippen LogP contribution in [0.25, 0.3) is 0 Å². The van der Waals surface area contributed by atoms with Gasteiger partial charge in [0.05, 0.1) is 24.5 Å². The summed E-state index contributed by atoms with van der Waals surface area (Å²) >= 11 is 0. The molecule has 0 bridgehead atoms. The lowest BCUT2D eigenvalue weighted by Crippen LogP contribution is -2.38. The minimum Gasteiger partial charge on any atom is -0.501 e. The van der Waals surface area contributed by atoms with Crippen molar-refractivity contribution in [3.8, 4) is 0 Å². The number of aryl methyl sites for hydroxylation is 1. The van der Waals surface area contributed by atoms with Crippen LogP contribution in [0.3, 0.4) is 0 Å². The molecule has 1 saturated heterocycles. The third kappa shape index (κ3) is 2.95. The minimum absolute atomic E-state index is 0.0342. The highest BCUT2D eigenvalue weighted by Crippen LogP contribution is 2.28. The second kappa shape index (κ2) is 6.30. The predicted molar refractivity (Wildman–Crippen MR) is 76.4 cm³/mol. The van der Waals surface area contributed by atoms with Gasteiger partial charge in [-0.25, -0.2) is 4.98 Å². The molecule has 1 amide bonds. The third-order valence-electron chi connectivity index (χ3n) is 3.98. The molecule has 0 radical (unpaired) electrons. The highest BCUT2D eigenvalue weighted by atomic mass is 16.5. The second-order valence-corrected chi connectivity index (χ2v) is 5.35. The maximum atomic E-state index is 12.3. The lowest BCUT2D eigenvalue weighted by molar-refractivity contribution is -0.119. The molecule has 0 saturated carbocycles. The summed E-state index contributed by atoms with van der Waals surface area (Å²) in [5, 5.41) is 3.07. The summed E-state index contributed by atoms with van der Waals surface area (Å²) in [7, 11) is 0. The van der Waals surface area contributed by atoms with Crippen LogP contribution < -0.4 is 5.32 Å². The van der Waals surface area contributed by atoms with E-state index < -0.39 is 0 Å². The van der Waals surface area contributed by atoms with Crippen LogP contribution in [0.5, 0.6) is 0 Å². The molecular weight excluding hydrogens is 270 g/mol. The number of carbonyl (C=O) groups is 1. The molecule has 0 aromatic carbocycles. The fraction of sp³-hybridized carbons (Fsp3) is 0.600. The summed E-state index contributed by atoms with van der Waals surface area (Å²) in [6, 6.07) is -0.0342. The second-order valence-electron chi connectivity index (χ2n) is 5.35. The lowest BCUT2D eigenvalue weighted by atomic mass is 10.1. The van der Waals surface area contributed by atoms with Crippen LogP contribution in [-0.2, 0) is 20.8 Å². The molecule has 1 N–H and O–H groups in total. The topological polar surface area (TPSA) is 65.4 Å². The molecule has 0 aliphatic carbocycles. The first-order chi connectivity index (χ1) is 10.3. The van der Waals surface area contributed by atoms with Gasteiger partial charge in [-0.15, -0.1) is 0 Å². The SMILES string of the molecule is CCn1ccnc1[C@H]1OCC[C@@H]1NC(=O)C1=COCCC1. The van der Waals surface area contributed by atoms with Crippen molar-refractivity contribution in [2.75, 3.05) is 13.2 Å². The van der Waals surface area contributed by atoms with Gasteiger partial charge in [0.1, 0.15) is 11.9 Å². The fourth-order valence-corrected chi connectivity index (χ4v) is 2.83. The van der Waals surface area contributed by atoms with Crippen LogP contribution in [0.1, 0.15) is 38.1 Å². The number of carbonyl (C=O) groups excluding carboxylic acids is 1. The van der Waals surface area contributed by atoms with Gasteiger partial charge >= 0.3 is 0 Å². The van der Waals surface area contributed by atoms with Gasteiger partial charge in [0.2, 0.25) is 0 Å². The van der Waals surface area contributed by atoms with E-state index in [2.05, 4.69) is 21.8 Å². The van der Waals surface area contributed by atoms with Gasteiger partial charge in [-0.1, -0.05) is 0 Å². The van der Waals surface area contributed by atoms with Crippen molar-refractivity contribution in [3.05, 3.63) is 30.1 Å². The molecule has 3 heterocycles. The largest absolute Gasteiger partial charge is 0.501 e. The highest BCUT2D eigenvalue weighted by molar-refractivity contribution is 5.93. The smallest absolute Gasteiger partial charge is 0.250 e. The first-order valence-electron chi connectivity index (χ1n) is 7.53. The summed E-state index contributed by atoms with van der Waals surface area (Å²) < 4.78 is 13.1. The number of nitrogens with one attached hydrogen (secondary N) is 1. The molecule has 114 valence electrons. The zero-order chi connectivity index (χ0) is 14.7. The van der Waals surface area contributed by atoms with Crippen LogP contribution in [0.4, 0.5) is 0 Å². The molecule has 1 fully saturated rings. The number of ether oxygens (including phenoxy) is 2. The van der Waals surface area contributed by atoms with Crippen molar-refractivity contribution in [1.29, 1.82) is 0 Å². The van der Waals surface area contributed by atoms with E-state index >= 15 is 0 Å². The monoisotopic (exact) mass is 291 g/mol. The molecule has 21 heavy (non-hydrogen) atoms. The molecule has 0 unspecified atom stereocenters. The number of aromatic nitrogens is 2.